The molecule has 1 spiro atoms. The fraction of sp³-hybridized carbons (Fsp3) is 0.400. The molecule has 1 aromatic carbocycles. The Balaban J connectivity index is 1.48. The number of sulfone groups is 1. The predicted octanol–water partition coefficient (Wildman–Crippen LogP) is 3.27. The van der Waals surface area contributed by atoms with Gasteiger partial charge in [-0.1, -0.05) is 21.1 Å². The van der Waals surface area contributed by atoms with E-state index in [0.717, 1.165) is 35.2 Å². The minimum Gasteiger partial charge on any atom is -0.370 e. The van der Waals surface area contributed by atoms with Crippen LogP contribution in [0, 0.1) is 5.41 Å². The molecule has 1 aliphatic carbocycles. The van der Waals surface area contributed by atoms with Gasteiger partial charge in [0.05, 0.1) is 23.3 Å². The van der Waals surface area contributed by atoms with E-state index in [1.165, 1.54) is 31.9 Å². The van der Waals surface area contributed by atoms with Crippen molar-refractivity contribution < 1.29 is 8.42 Å². The lowest BCUT2D eigenvalue weighted by molar-refractivity contribution is 0.384. The van der Waals surface area contributed by atoms with Crippen molar-refractivity contribution in [3.8, 4) is 17.1 Å². The van der Waals surface area contributed by atoms with Gasteiger partial charge in [-0.3, -0.25) is 0 Å². The van der Waals surface area contributed by atoms with Crippen LogP contribution in [-0.4, -0.2) is 52.7 Å². The molecule has 0 atom stereocenters. The first-order valence-corrected chi connectivity index (χ1v) is 12.5. The largest absolute Gasteiger partial charge is 0.370 e. The molecule has 156 valence electrons. The summed E-state index contributed by atoms with van der Waals surface area (Å²) in [7, 11) is -3.50. The molecular formula is C20H21BrN6O2S. The van der Waals surface area contributed by atoms with E-state index >= 15 is 0 Å². The second-order valence-electron chi connectivity index (χ2n) is 8.17. The van der Waals surface area contributed by atoms with Gasteiger partial charge in [0.1, 0.15) is 5.69 Å². The first-order valence-electron chi connectivity index (χ1n) is 9.84. The molecule has 1 saturated carbocycles. The summed E-state index contributed by atoms with van der Waals surface area (Å²) in [5.41, 5.74) is 3.56. The molecule has 0 unspecified atom stereocenters. The Morgan fingerprint density at radius 3 is 2.50 bits per heavy atom. The Hall–Kier alpha value is -2.33. The van der Waals surface area contributed by atoms with Gasteiger partial charge in [0.2, 0.25) is 15.0 Å². The number of rotatable bonds is 4. The summed E-state index contributed by atoms with van der Waals surface area (Å²) in [5, 5.41) is 8.30. The Bertz CT molecular complexity index is 1210. The average molecular weight is 489 g/mol. The highest BCUT2D eigenvalue weighted by Crippen LogP contribution is 2.54. The second-order valence-corrected chi connectivity index (χ2v) is 11.0. The third-order valence-electron chi connectivity index (χ3n) is 6.03. The maximum absolute atomic E-state index is 11.8. The number of benzene rings is 1. The molecule has 2 fully saturated rings. The van der Waals surface area contributed by atoms with E-state index in [9.17, 15) is 8.42 Å². The molecule has 3 aromatic rings. The van der Waals surface area contributed by atoms with E-state index in [2.05, 4.69) is 47.2 Å². The normalized spacial score (nSPS) is 18.0. The van der Waals surface area contributed by atoms with Gasteiger partial charge in [0, 0.05) is 30.0 Å². The first kappa shape index (κ1) is 19.6. The maximum atomic E-state index is 11.8. The zero-order valence-electron chi connectivity index (χ0n) is 16.5. The summed E-state index contributed by atoms with van der Waals surface area (Å²) < 4.78 is 26.3. The van der Waals surface area contributed by atoms with Crippen LogP contribution in [-0.2, 0) is 9.84 Å². The molecule has 3 heterocycles. The number of hydrogen-bond acceptors (Lipinski definition) is 7. The molecule has 0 radical (unpaired) electrons. The van der Waals surface area contributed by atoms with Gasteiger partial charge in [-0.15, -0.1) is 5.10 Å². The standard InChI is InChI=1S/C20H21BrN6O2S/c1-30(28,29)19-22-9-4-15(23-19)16-13-27(25-24-16)17-3-2-14(21)12-18(17)26-10-7-20(5-6-20)8-11-26/h2-4,9,12-13H,5-8,10-11H2,1H3. The highest BCUT2D eigenvalue weighted by atomic mass is 79.9. The van der Waals surface area contributed by atoms with Gasteiger partial charge in [0.15, 0.2) is 0 Å². The Kier molecular flexibility index (Phi) is 4.66. The number of halogens is 1. The lowest BCUT2D eigenvalue weighted by atomic mass is 9.93. The lowest BCUT2D eigenvalue weighted by Crippen LogP contribution is -2.35. The van der Waals surface area contributed by atoms with Crippen molar-refractivity contribution in [3.63, 3.8) is 0 Å². The molecule has 10 heteroatoms. The van der Waals surface area contributed by atoms with Crippen LogP contribution in [0.1, 0.15) is 25.7 Å². The Morgan fingerprint density at radius 1 is 1.03 bits per heavy atom. The molecule has 1 saturated heterocycles. The molecule has 8 nitrogen and oxygen atoms in total. The van der Waals surface area contributed by atoms with Crippen molar-refractivity contribution in [2.45, 2.75) is 30.8 Å². The summed E-state index contributed by atoms with van der Waals surface area (Å²) in [5.74, 6) is 0. The molecule has 0 N–H and O–H groups in total. The SMILES string of the molecule is CS(=O)(=O)c1nccc(-c2cn(-c3ccc(Br)cc3N3CCC4(CC3)CC4)nn2)n1. The van der Waals surface area contributed by atoms with Gasteiger partial charge >= 0.3 is 0 Å². The third-order valence-corrected chi connectivity index (χ3v) is 7.38. The zero-order chi connectivity index (χ0) is 20.9. The van der Waals surface area contributed by atoms with Crippen molar-refractivity contribution in [1.29, 1.82) is 0 Å². The van der Waals surface area contributed by atoms with Crippen LogP contribution in [0.5, 0.6) is 0 Å². The van der Waals surface area contributed by atoms with E-state index in [-0.39, 0.29) is 5.16 Å². The molecule has 1 aliphatic heterocycles. The summed E-state index contributed by atoms with van der Waals surface area (Å²) in [6, 6.07) is 7.75. The average Bonchev–Trinajstić information content (AvgIpc) is 3.29. The van der Waals surface area contributed by atoms with Crippen LogP contribution in [0.2, 0.25) is 0 Å². The minimum absolute atomic E-state index is 0.221. The molecule has 2 aliphatic rings. The fourth-order valence-electron chi connectivity index (χ4n) is 4.00. The monoisotopic (exact) mass is 488 g/mol. The van der Waals surface area contributed by atoms with Gasteiger partial charge in [-0.05, 0) is 55.4 Å². The van der Waals surface area contributed by atoms with Crippen molar-refractivity contribution in [2.24, 2.45) is 5.41 Å². The van der Waals surface area contributed by atoms with Crippen LogP contribution in [0.25, 0.3) is 17.1 Å². The molecular weight excluding hydrogens is 468 g/mol. The zero-order valence-corrected chi connectivity index (χ0v) is 18.9. The van der Waals surface area contributed by atoms with Crippen molar-refractivity contribution in [2.75, 3.05) is 24.2 Å². The summed E-state index contributed by atoms with van der Waals surface area (Å²) in [6.07, 6.45) is 9.48. The molecule has 0 bridgehead atoms. The summed E-state index contributed by atoms with van der Waals surface area (Å²) in [4.78, 5) is 10.4. The van der Waals surface area contributed by atoms with Gasteiger partial charge < -0.3 is 4.90 Å². The smallest absolute Gasteiger partial charge is 0.247 e. The number of hydrogen-bond donors (Lipinski definition) is 0. The third kappa shape index (κ3) is 3.74. The second kappa shape index (κ2) is 7.12. The van der Waals surface area contributed by atoms with E-state index < -0.39 is 9.84 Å². The molecule has 5 rings (SSSR count). The molecule has 30 heavy (non-hydrogen) atoms. The van der Waals surface area contributed by atoms with Gasteiger partial charge in [0.25, 0.3) is 0 Å². The van der Waals surface area contributed by atoms with Crippen molar-refractivity contribution in [3.05, 3.63) is 41.1 Å². The van der Waals surface area contributed by atoms with Gasteiger partial charge in [-0.2, -0.15) is 0 Å². The van der Waals surface area contributed by atoms with Crippen LogP contribution < -0.4 is 4.90 Å². The number of piperidine rings is 1. The van der Waals surface area contributed by atoms with Crippen LogP contribution >= 0.6 is 15.9 Å². The lowest BCUT2D eigenvalue weighted by Gasteiger charge is -2.35. The van der Waals surface area contributed by atoms with Crippen LogP contribution in [0.15, 0.2) is 46.3 Å². The van der Waals surface area contributed by atoms with Gasteiger partial charge in [-0.25, -0.2) is 23.1 Å². The quantitative estimate of drug-likeness (QED) is 0.520. The number of nitrogens with zero attached hydrogens (tertiary/aromatic N) is 6. The molecule has 0 amide bonds. The fourth-order valence-corrected chi connectivity index (χ4v) is 4.87. The van der Waals surface area contributed by atoms with Crippen molar-refractivity contribution in [1.82, 2.24) is 25.0 Å². The number of aromatic nitrogens is 5. The van der Waals surface area contributed by atoms with E-state index in [4.69, 9.17) is 0 Å². The minimum atomic E-state index is -3.50. The first-order chi connectivity index (χ1) is 14.3. The van der Waals surface area contributed by atoms with Crippen molar-refractivity contribution >= 4 is 31.5 Å². The maximum Gasteiger partial charge on any atom is 0.247 e. The molecule has 2 aromatic heterocycles. The van der Waals surface area contributed by atoms with E-state index in [1.807, 2.05) is 12.1 Å². The van der Waals surface area contributed by atoms with E-state index in [0.29, 0.717) is 16.8 Å². The highest BCUT2D eigenvalue weighted by Gasteiger charge is 2.44. The Morgan fingerprint density at radius 2 is 1.80 bits per heavy atom. The Labute approximate surface area is 183 Å². The van der Waals surface area contributed by atoms with Crippen LogP contribution in [0.4, 0.5) is 5.69 Å². The highest BCUT2D eigenvalue weighted by molar-refractivity contribution is 9.10. The number of anilines is 1. The summed E-state index contributed by atoms with van der Waals surface area (Å²) >= 11 is 3.59. The topological polar surface area (TPSA) is 93.9 Å². The summed E-state index contributed by atoms with van der Waals surface area (Å²) in [6.45, 7) is 2.07. The van der Waals surface area contributed by atoms with E-state index in [1.54, 1.807) is 16.9 Å². The van der Waals surface area contributed by atoms with Crippen LogP contribution in [0.3, 0.4) is 0 Å². The predicted molar refractivity (Wildman–Crippen MR) is 116 cm³/mol.